The van der Waals surface area contributed by atoms with Gasteiger partial charge >= 0.3 is 18.1 Å². The maximum Gasteiger partial charge on any atom is 0.425 e. The second-order valence-corrected chi connectivity index (χ2v) is 12.0. The number of esters is 2. The van der Waals surface area contributed by atoms with Gasteiger partial charge in [-0.2, -0.15) is 13.2 Å². The van der Waals surface area contributed by atoms with Gasteiger partial charge in [-0.15, -0.1) is 0 Å². The van der Waals surface area contributed by atoms with E-state index in [1.165, 1.54) is 51.0 Å². The summed E-state index contributed by atoms with van der Waals surface area (Å²) in [6, 6.07) is 21.3. The van der Waals surface area contributed by atoms with Crippen molar-refractivity contribution in [3.05, 3.63) is 90.0 Å². The minimum atomic E-state index is -4.62. The zero-order valence-corrected chi connectivity index (χ0v) is 28.2. The van der Waals surface area contributed by atoms with Crippen LogP contribution in [0.15, 0.2) is 78.9 Å². The Hall–Kier alpha value is -4.07. The molecule has 0 radical (unpaired) electrons. The van der Waals surface area contributed by atoms with Crippen LogP contribution in [0.5, 0.6) is 11.5 Å². The molecule has 0 aromatic heterocycles. The Bertz CT molecular complexity index is 1380. The van der Waals surface area contributed by atoms with Gasteiger partial charge < -0.3 is 14.2 Å². The first-order valence-corrected chi connectivity index (χ1v) is 17.3. The molecule has 0 N–H and O–H groups in total. The summed E-state index contributed by atoms with van der Waals surface area (Å²) in [5.41, 5.74) is 2.87. The van der Waals surface area contributed by atoms with Gasteiger partial charge in [-0.1, -0.05) is 114 Å². The standard InChI is InChI=1S/C40H49F3O5/c1-3-5-7-9-10-11-12-14-30-46-35-27-23-33(24-28-35)32-19-21-34(22-20-32)39(45)47-36-25-16-31(17-26-36)18-29-38(44)48-37(40(41,42)43)15-13-8-6-4-2/h16-29,37H,3-15,30H2,1-2H3/t37-/m1/s1. The molecule has 0 saturated heterocycles. The van der Waals surface area contributed by atoms with Crippen LogP contribution in [0.4, 0.5) is 13.2 Å². The van der Waals surface area contributed by atoms with Gasteiger partial charge in [0.2, 0.25) is 0 Å². The number of benzene rings is 3. The maximum atomic E-state index is 13.3. The van der Waals surface area contributed by atoms with Gasteiger partial charge in [0.25, 0.3) is 0 Å². The Morgan fingerprint density at radius 3 is 1.77 bits per heavy atom. The Labute approximate surface area is 283 Å². The highest BCUT2D eigenvalue weighted by Crippen LogP contribution is 2.28. The topological polar surface area (TPSA) is 61.8 Å². The molecule has 0 spiro atoms. The van der Waals surface area contributed by atoms with Crippen LogP contribution in [0.2, 0.25) is 0 Å². The van der Waals surface area contributed by atoms with Crippen molar-refractivity contribution in [1.29, 1.82) is 0 Å². The third-order valence-corrected chi connectivity index (χ3v) is 8.02. The molecule has 8 heteroatoms. The highest BCUT2D eigenvalue weighted by molar-refractivity contribution is 5.91. The number of carbonyl (C=O) groups excluding carboxylic acids is 2. The molecule has 1 atom stereocenters. The fourth-order valence-electron chi connectivity index (χ4n) is 5.17. The van der Waals surface area contributed by atoms with Gasteiger partial charge in [0.05, 0.1) is 12.2 Å². The molecule has 5 nitrogen and oxygen atoms in total. The van der Waals surface area contributed by atoms with E-state index < -0.39 is 24.2 Å². The van der Waals surface area contributed by atoms with Crippen molar-refractivity contribution < 1.29 is 37.0 Å². The minimum absolute atomic E-state index is 0.256. The Morgan fingerprint density at radius 1 is 0.667 bits per heavy atom. The first kappa shape index (κ1) is 38.4. The van der Waals surface area contributed by atoms with Gasteiger partial charge in [0, 0.05) is 6.08 Å². The lowest BCUT2D eigenvalue weighted by atomic mass is 10.0. The highest BCUT2D eigenvalue weighted by atomic mass is 19.4. The van der Waals surface area contributed by atoms with Crippen LogP contribution in [-0.2, 0) is 9.53 Å². The number of unbranched alkanes of at least 4 members (excludes halogenated alkanes) is 10. The Kier molecular flexibility index (Phi) is 16.8. The molecule has 0 amide bonds. The largest absolute Gasteiger partial charge is 0.494 e. The SMILES string of the molecule is CCCCCCCCCCOc1ccc(-c2ccc(C(=O)Oc3ccc(C=CC(=O)O[C@H](CCCCCC)C(F)(F)F)cc3)cc2)cc1. The van der Waals surface area contributed by atoms with Crippen LogP contribution >= 0.6 is 0 Å². The molecule has 0 bridgehead atoms. The molecular weight excluding hydrogens is 617 g/mol. The summed E-state index contributed by atoms with van der Waals surface area (Å²) in [6.45, 7) is 4.92. The van der Waals surface area contributed by atoms with E-state index in [-0.39, 0.29) is 12.2 Å². The summed E-state index contributed by atoms with van der Waals surface area (Å²) in [4.78, 5) is 24.8. The number of hydrogen-bond donors (Lipinski definition) is 0. The summed E-state index contributed by atoms with van der Waals surface area (Å²) in [6.07, 6.45) is 8.13. The zero-order chi connectivity index (χ0) is 34.6. The summed E-state index contributed by atoms with van der Waals surface area (Å²) in [7, 11) is 0. The molecule has 260 valence electrons. The molecular formula is C40H49F3O5. The molecule has 0 unspecified atom stereocenters. The highest BCUT2D eigenvalue weighted by Gasteiger charge is 2.42. The van der Waals surface area contributed by atoms with Gasteiger partial charge in [-0.25, -0.2) is 9.59 Å². The lowest BCUT2D eigenvalue weighted by Gasteiger charge is -2.19. The van der Waals surface area contributed by atoms with Gasteiger partial charge in [0.1, 0.15) is 11.5 Å². The van der Waals surface area contributed by atoms with E-state index in [2.05, 4.69) is 6.92 Å². The van der Waals surface area contributed by atoms with Crippen LogP contribution in [0, 0.1) is 0 Å². The first-order chi connectivity index (χ1) is 23.2. The normalized spacial score (nSPS) is 12.2. The molecule has 0 aliphatic heterocycles. The third kappa shape index (κ3) is 14.4. The average Bonchev–Trinajstić information content (AvgIpc) is 3.08. The number of ether oxygens (including phenoxy) is 3. The number of carbonyl (C=O) groups is 2. The summed E-state index contributed by atoms with van der Waals surface area (Å²) < 4.78 is 55.9. The van der Waals surface area contributed by atoms with Gasteiger partial charge in [-0.3, -0.25) is 0 Å². The van der Waals surface area contributed by atoms with Crippen molar-refractivity contribution in [3.63, 3.8) is 0 Å². The van der Waals surface area contributed by atoms with Crippen molar-refractivity contribution in [3.8, 4) is 22.6 Å². The molecule has 3 aromatic carbocycles. The average molecular weight is 667 g/mol. The zero-order valence-electron chi connectivity index (χ0n) is 28.2. The molecule has 3 rings (SSSR count). The molecule has 0 fully saturated rings. The van der Waals surface area contributed by atoms with E-state index >= 15 is 0 Å². The predicted molar refractivity (Wildman–Crippen MR) is 185 cm³/mol. The first-order valence-electron chi connectivity index (χ1n) is 17.3. The number of hydrogen-bond acceptors (Lipinski definition) is 5. The van der Waals surface area contributed by atoms with Crippen LogP contribution in [0.25, 0.3) is 17.2 Å². The minimum Gasteiger partial charge on any atom is -0.494 e. The number of halogens is 3. The van der Waals surface area contributed by atoms with Crippen molar-refractivity contribution in [2.24, 2.45) is 0 Å². The van der Waals surface area contributed by atoms with E-state index in [0.717, 1.165) is 42.2 Å². The quantitative estimate of drug-likeness (QED) is 0.0490. The Morgan fingerprint density at radius 2 is 1.19 bits per heavy atom. The molecule has 0 saturated carbocycles. The summed E-state index contributed by atoms with van der Waals surface area (Å²) in [5, 5.41) is 0. The summed E-state index contributed by atoms with van der Waals surface area (Å²) in [5.74, 6) is -0.470. The predicted octanol–water partition coefficient (Wildman–Crippen LogP) is 11.5. The van der Waals surface area contributed by atoms with Crippen molar-refractivity contribution in [1.82, 2.24) is 0 Å². The second-order valence-electron chi connectivity index (χ2n) is 12.0. The van der Waals surface area contributed by atoms with E-state index in [0.29, 0.717) is 30.6 Å². The van der Waals surface area contributed by atoms with E-state index in [1.807, 2.05) is 43.3 Å². The Balaban J connectivity index is 1.43. The third-order valence-electron chi connectivity index (χ3n) is 8.02. The fourth-order valence-corrected chi connectivity index (χ4v) is 5.17. The van der Waals surface area contributed by atoms with Crippen LogP contribution in [0.3, 0.4) is 0 Å². The van der Waals surface area contributed by atoms with E-state index in [9.17, 15) is 22.8 Å². The van der Waals surface area contributed by atoms with E-state index in [4.69, 9.17) is 14.2 Å². The van der Waals surface area contributed by atoms with Crippen molar-refractivity contribution >= 4 is 18.0 Å². The maximum absolute atomic E-state index is 13.3. The van der Waals surface area contributed by atoms with Crippen LogP contribution in [-0.4, -0.2) is 30.8 Å². The molecule has 48 heavy (non-hydrogen) atoms. The van der Waals surface area contributed by atoms with Crippen molar-refractivity contribution in [2.75, 3.05) is 6.61 Å². The van der Waals surface area contributed by atoms with E-state index in [1.54, 1.807) is 36.4 Å². The van der Waals surface area contributed by atoms with Crippen LogP contribution in [0.1, 0.15) is 113 Å². The molecule has 0 aliphatic carbocycles. The monoisotopic (exact) mass is 666 g/mol. The lowest BCUT2D eigenvalue weighted by Crippen LogP contribution is -2.33. The smallest absolute Gasteiger partial charge is 0.425 e. The van der Waals surface area contributed by atoms with Gasteiger partial charge in [-0.05, 0) is 78.4 Å². The number of alkyl halides is 3. The van der Waals surface area contributed by atoms with Crippen molar-refractivity contribution in [2.45, 2.75) is 110 Å². The number of rotatable bonds is 21. The second kappa shape index (κ2) is 21.0. The summed E-state index contributed by atoms with van der Waals surface area (Å²) >= 11 is 0. The molecule has 0 heterocycles. The van der Waals surface area contributed by atoms with Crippen LogP contribution < -0.4 is 9.47 Å². The molecule has 0 aliphatic rings. The van der Waals surface area contributed by atoms with Gasteiger partial charge in [0.15, 0.2) is 6.10 Å². The molecule has 3 aromatic rings. The fraction of sp³-hybridized carbons (Fsp3) is 0.450. The lowest BCUT2D eigenvalue weighted by molar-refractivity contribution is -0.220.